The molecule has 0 aliphatic carbocycles. The summed E-state index contributed by atoms with van der Waals surface area (Å²) in [6.07, 6.45) is 2.94. The fourth-order valence-electron chi connectivity index (χ4n) is 1.90. The van der Waals surface area contributed by atoms with Crippen LogP contribution in [-0.4, -0.2) is 19.3 Å². The molecule has 108 valence electrons. The highest BCUT2D eigenvalue weighted by atomic mass is 16.6. The lowest BCUT2D eigenvalue weighted by Crippen LogP contribution is -2.28. The van der Waals surface area contributed by atoms with Gasteiger partial charge in [0.2, 0.25) is 0 Å². The molecule has 0 heterocycles. The zero-order chi connectivity index (χ0) is 15.0. The molecule has 0 unspecified atom stereocenters. The van der Waals surface area contributed by atoms with Crippen molar-refractivity contribution >= 4 is 12.7 Å². The molecule has 1 aromatic carbocycles. The molecule has 0 N–H and O–H groups in total. The van der Waals surface area contributed by atoms with E-state index >= 15 is 0 Å². The van der Waals surface area contributed by atoms with Gasteiger partial charge in [-0.2, -0.15) is 0 Å². The van der Waals surface area contributed by atoms with Crippen LogP contribution in [0.3, 0.4) is 0 Å². The molecule has 20 heavy (non-hydrogen) atoms. The lowest BCUT2D eigenvalue weighted by atomic mass is 9.83. The van der Waals surface area contributed by atoms with Crippen LogP contribution in [0.2, 0.25) is 0 Å². The first kappa shape index (κ1) is 16.7. The second-order valence-electron chi connectivity index (χ2n) is 5.29. The Hall–Kier alpha value is -1.32. The molecule has 2 nitrogen and oxygen atoms in total. The maximum absolute atomic E-state index is 5.83. The van der Waals surface area contributed by atoms with E-state index in [0.717, 1.165) is 6.42 Å². The summed E-state index contributed by atoms with van der Waals surface area (Å²) in [6.45, 7) is 11.9. The quantitative estimate of drug-likeness (QED) is 0.511. The van der Waals surface area contributed by atoms with Crippen molar-refractivity contribution in [2.24, 2.45) is 0 Å². The second kappa shape index (κ2) is 8.78. The molecule has 0 atom stereocenters. The molecule has 3 heteroatoms. The first-order chi connectivity index (χ1) is 9.52. The highest BCUT2D eigenvalue weighted by Crippen LogP contribution is 2.20. The molecule has 0 amide bonds. The molecule has 0 aromatic heterocycles. The van der Waals surface area contributed by atoms with Crippen molar-refractivity contribution in [1.29, 1.82) is 0 Å². The van der Waals surface area contributed by atoms with Gasteiger partial charge in [-0.05, 0) is 45.3 Å². The molecule has 0 radical (unpaired) electrons. The summed E-state index contributed by atoms with van der Waals surface area (Å²) in [5, 5.41) is 0. The Morgan fingerprint density at radius 3 is 2.10 bits per heavy atom. The molecule has 0 bridgehead atoms. The highest BCUT2D eigenvalue weighted by Gasteiger charge is 2.19. The van der Waals surface area contributed by atoms with Gasteiger partial charge in [-0.1, -0.05) is 42.4 Å². The number of hydrogen-bond acceptors (Lipinski definition) is 2. The zero-order valence-electron chi connectivity index (χ0n) is 13.0. The van der Waals surface area contributed by atoms with Gasteiger partial charge in [0.15, 0.2) is 0 Å². The van der Waals surface area contributed by atoms with E-state index in [0.29, 0.717) is 0 Å². The van der Waals surface area contributed by atoms with Gasteiger partial charge in [-0.3, -0.25) is 0 Å². The maximum atomic E-state index is 5.83. The lowest BCUT2D eigenvalue weighted by Gasteiger charge is -2.18. The predicted molar refractivity (Wildman–Crippen MR) is 87.4 cm³/mol. The van der Waals surface area contributed by atoms with Crippen molar-refractivity contribution in [3.05, 3.63) is 54.5 Å². The first-order valence-electron chi connectivity index (χ1n) is 7.20. The normalized spacial score (nSPS) is 12.0. The topological polar surface area (TPSA) is 18.5 Å². The molecule has 0 fully saturated rings. The van der Waals surface area contributed by atoms with Gasteiger partial charge in [0.1, 0.15) is 0 Å². The van der Waals surface area contributed by atoms with Crippen molar-refractivity contribution < 1.29 is 9.31 Å². The van der Waals surface area contributed by atoms with E-state index < -0.39 is 0 Å². The Morgan fingerprint density at radius 1 is 1.10 bits per heavy atom. The van der Waals surface area contributed by atoms with Crippen molar-refractivity contribution in [3.63, 3.8) is 0 Å². The SMILES string of the molecule is C=CC/C(=C\B(OC(C)C)OC(C)C)c1ccccc1. The number of allylic oxidation sites excluding steroid dienone is 2. The second-order valence-corrected chi connectivity index (χ2v) is 5.29. The summed E-state index contributed by atoms with van der Waals surface area (Å²) in [5.41, 5.74) is 2.35. The average Bonchev–Trinajstić information content (AvgIpc) is 2.37. The lowest BCUT2D eigenvalue weighted by molar-refractivity contribution is 0.138. The van der Waals surface area contributed by atoms with Crippen LogP contribution in [0.15, 0.2) is 49.0 Å². The molecular formula is C17H25BO2. The van der Waals surface area contributed by atoms with E-state index in [1.54, 1.807) is 0 Å². The van der Waals surface area contributed by atoms with E-state index in [1.165, 1.54) is 11.1 Å². The third-order valence-corrected chi connectivity index (χ3v) is 2.66. The molecule has 0 saturated heterocycles. The Labute approximate surface area is 123 Å². The minimum absolute atomic E-state index is 0.121. The van der Waals surface area contributed by atoms with Crippen LogP contribution in [0.4, 0.5) is 0 Å². The van der Waals surface area contributed by atoms with Crippen molar-refractivity contribution in [2.75, 3.05) is 0 Å². The van der Waals surface area contributed by atoms with Crippen molar-refractivity contribution in [1.82, 2.24) is 0 Å². The van der Waals surface area contributed by atoms with Gasteiger partial charge in [0.25, 0.3) is 0 Å². The van der Waals surface area contributed by atoms with Crippen LogP contribution < -0.4 is 0 Å². The van der Waals surface area contributed by atoms with E-state index in [2.05, 4.69) is 24.7 Å². The Balaban J connectivity index is 2.98. The fourth-order valence-corrected chi connectivity index (χ4v) is 1.90. The third kappa shape index (κ3) is 6.22. The minimum atomic E-state index is -0.329. The predicted octanol–water partition coefficient (Wildman–Crippen LogP) is 4.52. The summed E-state index contributed by atoms with van der Waals surface area (Å²) < 4.78 is 11.7. The Bertz CT molecular complexity index is 414. The smallest absolute Gasteiger partial charge is 0.405 e. The molecular weight excluding hydrogens is 247 g/mol. The van der Waals surface area contributed by atoms with Gasteiger partial charge in [0.05, 0.1) is 0 Å². The maximum Gasteiger partial charge on any atom is 0.486 e. The molecule has 1 aromatic rings. The van der Waals surface area contributed by atoms with Gasteiger partial charge >= 0.3 is 7.12 Å². The van der Waals surface area contributed by atoms with Crippen LogP contribution >= 0.6 is 0 Å². The van der Waals surface area contributed by atoms with E-state index in [9.17, 15) is 0 Å². The highest BCUT2D eigenvalue weighted by molar-refractivity contribution is 6.52. The number of benzene rings is 1. The van der Waals surface area contributed by atoms with Gasteiger partial charge in [-0.25, -0.2) is 0 Å². The van der Waals surface area contributed by atoms with Crippen LogP contribution in [-0.2, 0) is 9.31 Å². The molecule has 0 saturated carbocycles. The molecule has 0 aliphatic rings. The van der Waals surface area contributed by atoms with E-state index in [1.807, 2.05) is 52.0 Å². The minimum Gasteiger partial charge on any atom is -0.405 e. The number of rotatable bonds is 8. The van der Waals surface area contributed by atoms with Crippen molar-refractivity contribution in [3.8, 4) is 0 Å². The summed E-state index contributed by atoms with van der Waals surface area (Å²) >= 11 is 0. The summed E-state index contributed by atoms with van der Waals surface area (Å²) in [6, 6.07) is 10.3. The van der Waals surface area contributed by atoms with E-state index in [-0.39, 0.29) is 19.3 Å². The number of hydrogen-bond donors (Lipinski definition) is 0. The van der Waals surface area contributed by atoms with Gasteiger partial charge in [-0.15, -0.1) is 6.58 Å². The zero-order valence-corrected chi connectivity index (χ0v) is 13.0. The first-order valence-corrected chi connectivity index (χ1v) is 7.20. The third-order valence-electron chi connectivity index (χ3n) is 2.66. The van der Waals surface area contributed by atoms with Crippen molar-refractivity contribution in [2.45, 2.75) is 46.3 Å². The summed E-state index contributed by atoms with van der Waals surface area (Å²) in [7, 11) is -0.329. The monoisotopic (exact) mass is 272 g/mol. The van der Waals surface area contributed by atoms with Crippen LogP contribution in [0.25, 0.3) is 5.57 Å². The van der Waals surface area contributed by atoms with Crippen LogP contribution in [0.1, 0.15) is 39.7 Å². The van der Waals surface area contributed by atoms with Crippen LogP contribution in [0.5, 0.6) is 0 Å². The molecule has 0 aliphatic heterocycles. The fraction of sp³-hybridized carbons (Fsp3) is 0.412. The van der Waals surface area contributed by atoms with Gasteiger partial charge < -0.3 is 9.31 Å². The summed E-state index contributed by atoms with van der Waals surface area (Å²) in [5.74, 6) is 2.05. The van der Waals surface area contributed by atoms with E-state index in [4.69, 9.17) is 9.31 Å². The van der Waals surface area contributed by atoms with Gasteiger partial charge in [0, 0.05) is 12.2 Å². The average molecular weight is 272 g/mol. The Morgan fingerprint density at radius 2 is 1.65 bits per heavy atom. The largest absolute Gasteiger partial charge is 0.486 e. The Kier molecular flexibility index (Phi) is 7.35. The standard InChI is InChI=1S/C17H25BO2/c1-6-10-17(16-11-8-7-9-12-16)13-18(19-14(2)3)20-15(4)5/h6-9,11-15H,1,10H2,2-5H3/b17-13+. The molecule has 0 spiro atoms. The van der Waals surface area contributed by atoms with Crippen LogP contribution in [0, 0.1) is 0 Å². The summed E-state index contributed by atoms with van der Waals surface area (Å²) in [4.78, 5) is 0. The molecule has 1 rings (SSSR count).